The predicted molar refractivity (Wildman–Crippen MR) is 118 cm³/mol. The van der Waals surface area contributed by atoms with Crippen LogP contribution >= 0.6 is 0 Å². The van der Waals surface area contributed by atoms with Gasteiger partial charge in [0.05, 0.1) is 19.1 Å². The van der Waals surface area contributed by atoms with Gasteiger partial charge in [0.25, 0.3) is 0 Å². The molecule has 1 aliphatic rings. The number of hydrogen-bond donors (Lipinski definition) is 2. The summed E-state index contributed by atoms with van der Waals surface area (Å²) in [5, 5.41) is 19.5. The van der Waals surface area contributed by atoms with Crippen LogP contribution in [0.4, 0.5) is 4.39 Å². The molecule has 3 aromatic carbocycles. The van der Waals surface area contributed by atoms with Crippen molar-refractivity contribution >= 4 is 5.97 Å². The van der Waals surface area contributed by atoms with Crippen LogP contribution in [0, 0.1) is 11.7 Å². The second kappa shape index (κ2) is 9.01. The molecule has 1 heterocycles. The normalized spacial score (nSPS) is 17.1. The number of aliphatic hydroxyl groups excluding tert-OH is 1. The van der Waals surface area contributed by atoms with E-state index in [-0.39, 0.29) is 11.9 Å². The Bertz CT molecular complexity index is 1130. The first kappa shape index (κ1) is 21.8. The molecule has 3 aromatic rings. The largest absolute Gasteiger partial charge is 0.497 e. The summed E-state index contributed by atoms with van der Waals surface area (Å²) in [5.41, 5.74) is 3.72. The summed E-state index contributed by atoms with van der Waals surface area (Å²) in [6.45, 7) is 1.48. The summed E-state index contributed by atoms with van der Waals surface area (Å²) in [6, 6.07) is 17.6. The van der Waals surface area contributed by atoms with Crippen molar-refractivity contribution in [3.05, 3.63) is 83.2 Å². The lowest BCUT2D eigenvalue weighted by Gasteiger charge is -2.28. The number of carboxylic acid groups (broad SMARTS) is 1. The molecule has 6 heteroatoms. The molecule has 1 unspecified atom stereocenters. The number of aliphatic carboxylic acids is 1. The average Bonchev–Trinajstić information content (AvgIpc) is 2.82. The number of aliphatic hydroxyl groups is 1. The lowest BCUT2D eigenvalue weighted by molar-refractivity contribution is -0.145. The maximum atomic E-state index is 14.3. The molecule has 3 atom stereocenters. The molecule has 0 aromatic heterocycles. The van der Waals surface area contributed by atoms with E-state index >= 15 is 0 Å². The molecule has 0 fully saturated rings. The van der Waals surface area contributed by atoms with E-state index in [1.807, 2.05) is 30.3 Å². The number of ether oxygens (including phenoxy) is 2. The second-order valence-electron chi connectivity index (χ2n) is 8.05. The number of fused-ring (bicyclic) bond motifs is 1. The number of hydrogen-bond acceptors (Lipinski definition) is 4. The van der Waals surface area contributed by atoms with Gasteiger partial charge in [0.1, 0.15) is 23.4 Å². The lowest BCUT2D eigenvalue weighted by Crippen LogP contribution is -2.20. The Morgan fingerprint density at radius 1 is 1.12 bits per heavy atom. The van der Waals surface area contributed by atoms with E-state index in [2.05, 4.69) is 0 Å². The first-order chi connectivity index (χ1) is 15.4. The minimum atomic E-state index is -1.11. The Kier molecular flexibility index (Phi) is 6.15. The molecule has 1 aliphatic heterocycles. The minimum absolute atomic E-state index is 0.184. The molecule has 0 spiro atoms. The number of carboxylic acids is 1. The van der Waals surface area contributed by atoms with Crippen molar-refractivity contribution in [3.63, 3.8) is 0 Å². The molecule has 4 rings (SSSR count). The van der Waals surface area contributed by atoms with Gasteiger partial charge in [-0.15, -0.1) is 0 Å². The minimum Gasteiger partial charge on any atom is -0.497 e. The first-order valence-electron chi connectivity index (χ1n) is 10.5. The highest BCUT2D eigenvalue weighted by Gasteiger charge is 2.26. The number of carbonyl (C=O) groups is 1. The number of rotatable bonds is 6. The maximum absolute atomic E-state index is 14.3. The first-order valence-corrected chi connectivity index (χ1v) is 10.5. The molecule has 32 heavy (non-hydrogen) atoms. The van der Waals surface area contributed by atoms with Crippen LogP contribution < -0.4 is 9.47 Å². The van der Waals surface area contributed by atoms with Gasteiger partial charge in [-0.1, -0.05) is 36.4 Å². The molecule has 0 bridgehead atoms. The van der Waals surface area contributed by atoms with E-state index < -0.39 is 18.0 Å². The van der Waals surface area contributed by atoms with E-state index in [4.69, 9.17) is 9.47 Å². The fraction of sp³-hybridized carbons (Fsp3) is 0.269. The lowest BCUT2D eigenvalue weighted by atomic mass is 9.92. The Balaban J connectivity index is 1.55. The fourth-order valence-corrected chi connectivity index (χ4v) is 3.96. The topological polar surface area (TPSA) is 76.0 Å². The highest BCUT2D eigenvalue weighted by molar-refractivity contribution is 5.70. The van der Waals surface area contributed by atoms with Gasteiger partial charge in [-0.05, 0) is 66.3 Å². The smallest absolute Gasteiger partial charge is 0.309 e. The summed E-state index contributed by atoms with van der Waals surface area (Å²) in [4.78, 5) is 11.2. The zero-order chi connectivity index (χ0) is 22.8. The van der Waals surface area contributed by atoms with Gasteiger partial charge in [0.2, 0.25) is 0 Å². The molecular weight excluding hydrogens is 411 g/mol. The summed E-state index contributed by atoms with van der Waals surface area (Å²) in [6.07, 6.45) is 0.291. The van der Waals surface area contributed by atoms with Crippen molar-refractivity contribution in [2.45, 2.75) is 32.0 Å². The van der Waals surface area contributed by atoms with Crippen LogP contribution in [0.15, 0.2) is 60.7 Å². The summed E-state index contributed by atoms with van der Waals surface area (Å²) >= 11 is 0. The Morgan fingerprint density at radius 3 is 2.56 bits per heavy atom. The van der Waals surface area contributed by atoms with Crippen LogP contribution in [0.2, 0.25) is 0 Å². The molecule has 2 N–H and O–H groups in total. The standard InChI is InChI=1S/C26H25FO5/c1-15(26(29)30)25(28)19-8-7-18-9-12-23(32-24(18)13-19)17-5-3-16(4-6-17)21-14-20(31-2)10-11-22(21)27/h3-8,10-11,13-15,23,25,28H,9,12H2,1-2H3,(H,29,30)/t15-,23?,25-/m1/s1. The van der Waals surface area contributed by atoms with E-state index in [0.717, 1.165) is 29.5 Å². The van der Waals surface area contributed by atoms with Gasteiger partial charge < -0.3 is 19.7 Å². The van der Waals surface area contributed by atoms with Crippen molar-refractivity contribution < 1.29 is 28.9 Å². The summed E-state index contributed by atoms with van der Waals surface area (Å²) in [5.74, 6) is -1.05. The van der Waals surface area contributed by atoms with Crippen molar-refractivity contribution in [2.24, 2.45) is 5.92 Å². The van der Waals surface area contributed by atoms with E-state index in [9.17, 15) is 19.4 Å². The quantitative estimate of drug-likeness (QED) is 0.547. The zero-order valence-corrected chi connectivity index (χ0v) is 17.9. The van der Waals surface area contributed by atoms with Gasteiger partial charge in [0.15, 0.2) is 0 Å². The number of methoxy groups -OCH3 is 1. The highest BCUT2D eigenvalue weighted by atomic mass is 19.1. The van der Waals surface area contributed by atoms with E-state index in [0.29, 0.717) is 22.6 Å². The van der Waals surface area contributed by atoms with Crippen molar-refractivity contribution in [1.82, 2.24) is 0 Å². The predicted octanol–water partition coefficient (Wildman–Crippen LogP) is 5.32. The van der Waals surface area contributed by atoms with Crippen LogP contribution in [0.5, 0.6) is 11.5 Å². The monoisotopic (exact) mass is 436 g/mol. The molecule has 0 amide bonds. The number of aryl methyl sites for hydroxylation is 1. The third-order valence-electron chi connectivity index (χ3n) is 6.01. The Hall–Kier alpha value is -3.38. The van der Waals surface area contributed by atoms with Crippen LogP contribution in [0.1, 0.15) is 42.2 Å². The van der Waals surface area contributed by atoms with Crippen molar-refractivity contribution in [3.8, 4) is 22.6 Å². The van der Waals surface area contributed by atoms with Gasteiger partial charge in [-0.25, -0.2) is 4.39 Å². The van der Waals surface area contributed by atoms with Crippen molar-refractivity contribution in [1.29, 1.82) is 0 Å². The molecule has 0 saturated carbocycles. The molecule has 5 nitrogen and oxygen atoms in total. The third-order valence-corrected chi connectivity index (χ3v) is 6.01. The van der Waals surface area contributed by atoms with Crippen LogP contribution in [0.25, 0.3) is 11.1 Å². The molecule has 0 radical (unpaired) electrons. The second-order valence-corrected chi connectivity index (χ2v) is 8.05. The Morgan fingerprint density at radius 2 is 1.88 bits per heavy atom. The Labute approximate surface area is 186 Å². The molecule has 166 valence electrons. The summed E-state index contributed by atoms with van der Waals surface area (Å²) < 4.78 is 25.7. The third kappa shape index (κ3) is 4.32. The van der Waals surface area contributed by atoms with E-state index in [1.165, 1.54) is 13.0 Å². The van der Waals surface area contributed by atoms with Crippen LogP contribution in [-0.4, -0.2) is 23.3 Å². The van der Waals surface area contributed by atoms with Crippen LogP contribution in [0.3, 0.4) is 0 Å². The number of benzene rings is 3. The van der Waals surface area contributed by atoms with Gasteiger partial charge in [0, 0.05) is 5.56 Å². The van der Waals surface area contributed by atoms with Crippen LogP contribution in [-0.2, 0) is 11.2 Å². The maximum Gasteiger partial charge on any atom is 0.309 e. The average molecular weight is 436 g/mol. The van der Waals surface area contributed by atoms with Gasteiger partial charge >= 0.3 is 5.97 Å². The SMILES string of the molecule is COc1ccc(F)c(-c2ccc(C3CCc4ccc([C@H](O)[C@@H](C)C(=O)O)cc4O3)cc2)c1. The molecule has 0 saturated heterocycles. The number of halogens is 1. The van der Waals surface area contributed by atoms with Gasteiger partial charge in [-0.2, -0.15) is 0 Å². The van der Waals surface area contributed by atoms with Gasteiger partial charge in [-0.3, -0.25) is 4.79 Å². The van der Waals surface area contributed by atoms with Crippen molar-refractivity contribution in [2.75, 3.05) is 7.11 Å². The molecular formula is C26H25FO5. The van der Waals surface area contributed by atoms with E-state index in [1.54, 1.807) is 31.4 Å². The highest BCUT2D eigenvalue weighted by Crippen LogP contribution is 2.38. The zero-order valence-electron chi connectivity index (χ0n) is 17.9. The summed E-state index contributed by atoms with van der Waals surface area (Å²) in [7, 11) is 1.55. The molecule has 0 aliphatic carbocycles. The fourth-order valence-electron chi connectivity index (χ4n) is 3.96.